The standard InChI is InChI=1S/C6H6F6N4S/c7-5(8,9)1-13-3-15-16-4(17-3)14-2-6(10,11)12/h1-2H2,(H,13,15)(H,14,16). The third-order valence-electron chi connectivity index (χ3n) is 1.31. The van der Waals surface area contributed by atoms with Gasteiger partial charge in [0, 0.05) is 0 Å². The van der Waals surface area contributed by atoms with Crippen LogP contribution in [0.4, 0.5) is 36.6 Å². The quantitative estimate of drug-likeness (QED) is 0.832. The summed E-state index contributed by atoms with van der Waals surface area (Å²) in [7, 11) is 0. The Morgan fingerprint density at radius 1 is 0.824 bits per heavy atom. The van der Waals surface area contributed by atoms with Gasteiger partial charge in [-0.3, -0.25) is 0 Å². The van der Waals surface area contributed by atoms with Crippen LogP contribution in [-0.2, 0) is 0 Å². The Morgan fingerprint density at radius 3 is 1.47 bits per heavy atom. The number of hydrogen-bond acceptors (Lipinski definition) is 5. The van der Waals surface area contributed by atoms with Gasteiger partial charge in [-0.15, -0.1) is 10.2 Å². The molecule has 1 heterocycles. The molecule has 0 spiro atoms. The maximum atomic E-state index is 11.8. The van der Waals surface area contributed by atoms with E-state index in [1.165, 1.54) is 0 Å². The van der Waals surface area contributed by atoms with E-state index in [0.717, 1.165) is 0 Å². The summed E-state index contributed by atoms with van der Waals surface area (Å²) in [5.41, 5.74) is 0. The van der Waals surface area contributed by atoms with Crippen molar-refractivity contribution in [2.45, 2.75) is 12.4 Å². The highest BCUT2D eigenvalue weighted by Gasteiger charge is 2.28. The molecule has 17 heavy (non-hydrogen) atoms. The fourth-order valence-electron chi connectivity index (χ4n) is 0.718. The van der Waals surface area contributed by atoms with Crippen LogP contribution in [-0.4, -0.2) is 35.6 Å². The van der Waals surface area contributed by atoms with Crippen LogP contribution in [0.2, 0.25) is 0 Å². The molecule has 4 nitrogen and oxygen atoms in total. The van der Waals surface area contributed by atoms with Gasteiger partial charge in [0.15, 0.2) is 0 Å². The highest BCUT2D eigenvalue weighted by Crippen LogP contribution is 2.23. The molecule has 0 radical (unpaired) electrons. The van der Waals surface area contributed by atoms with E-state index in [-0.39, 0.29) is 10.3 Å². The van der Waals surface area contributed by atoms with Crippen molar-refractivity contribution in [1.82, 2.24) is 10.2 Å². The maximum absolute atomic E-state index is 11.8. The largest absolute Gasteiger partial charge is 0.405 e. The van der Waals surface area contributed by atoms with Gasteiger partial charge >= 0.3 is 12.4 Å². The van der Waals surface area contributed by atoms with Crippen LogP contribution in [0.15, 0.2) is 0 Å². The molecule has 0 amide bonds. The van der Waals surface area contributed by atoms with Crippen LogP contribution >= 0.6 is 11.3 Å². The van der Waals surface area contributed by atoms with Gasteiger partial charge in [-0.1, -0.05) is 11.3 Å². The average molecular weight is 280 g/mol. The van der Waals surface area contributed by atoms with E-state index in [4.69, 9.17) is 0 Å². The molecule has 0 aliphatic carbocycles. The molecule has 2 N–H and O–H groups in total. The van der Waals surface area contributed by atoms with E-state index >= 15 is 0 Å². The first-order valence-electron chi connectivity index (χ1n) is 4.10. The molecule has 0 bridgehead atoms. The van der Waals surface area contributed by atoms with Crippen LogP contribution in [0.25, 0.3) is 0 Å². The zero-order chi connectivity index (χ0) is 13.1. The summed E-state index contributed by atoms with van der Waals surface area (Å²) in [4.78, 5) is 0. The predicted octanol–water partition coefficient (Wildman–Crippen LogP) is 2.49. The van der Waals surface area contributed by atoms with E-state index in [1.54, 1.807) is 0 Å². The maximum Gasteiger partial charge on any atom is 0.405 e. The zero-order valence-corrected chi connectivity index (χ0v) is 8.80. The summed E-state index contributed by atoms with van der Waals surface area (Å²) in [5, 5.41) is 9.89. The lowest BCUT2D eigenvalue weighted by Gasteiger charge is -2.06. The minimum Gasteiger partial charge on any atom is -0.351 e. The average Bonchev–Trinajstić information content (AvgIpc) is 2.57. The normalized spacial score (nSPS) is 12.6. The molecule has 0 saturated carbocycles. The minimum atomic E-state index is -4.43. The summed E-state index contributed by atoms with van der Waals surface area (Å²) >= 11 is 0.570. The molecule has 1 aromatic rings. The minimum absolute atomic E-state index is 0.202. The number of nitrogens with zero attached hydrogens (tertiary/aromatic N) is 2. The Hall–Kier alpha value is -1.26. The van der Waals surface area contributed by atoms with Crippen molar-refractivity contribution in [3.8, 4) is 0 Å². The zero-order valence-electron chi connectivity index (χ0n) is 7.98. The van der Waals surface area contributed by atoms with Crippen molar-refractivity contribution >= 4 is 21.6 Å². The Morgan fingerprint density at radius 2 is 1.18 bits per heavy atom. The number of rotatable bonds is 4. The third-order valence-corrected chi connectivity index (χ3v) is 2.14. The van der Waals surface area contributed by atoms with Gasteiger partial charge in [-0.05, 0) is 0 Å². The van der Waals surface area contributed by atoms with Crippen molar-refractivity contribution < 1.29 is 26.3 Å². The van der Waals surface area contributed by atoms with Crippen molar-refractivity contribution in [3.63, 3.8) is 0 Å². The number of aromatic nitrogens is 2. The number of anilines is 2. The van der Waals surface area contributed by atoms with E-state index in [2.05, 4.69) is 10.2 Å². The first-order valence-corrected chi connectivity index (χ1v) is 4.92. The molecule has 0 unspecified atom stereocenters. The molecule has 0 aromatic carbocycles. The van der Waals surface area contributed by atoms with Gasteiger partial charge in [-0.25, -0.2) is 0 Å². The fourth-order valence-corrected chi connectivity index (χ4v) is 1.35. The monoisotopic (exact) mass is 280 g/mol. The topological polar surface area (TPSA) is 49.8 Å². The number of nitrogens with one attached hydrogen (secondary N) is 2. The van der Waals surface area contributed by atoms with Crippen molar-refractivity contribution in [3.05, 3.63) is 0 Å². The Balaban J connectivity index is 2.43. The molecular weight excluding hydrogens is 274 g/mol. The molecular formula is C6H6F6N4S. The number of halogens is 6. The first-order chi connectivity index (χ1) is 7.66. The summed E-state index contributed by atoms with van der Waals surface area (Å²) in [6.07, 6.45) is -8.85. The SMILES string of the molecule is FC(F)(F)CNc1nnc(NCC(F)(F)F)s1. The Bertz CT molecular complexity index is 326. The lowest BCUT2D eigenvalue weighted by atomic mass is 10.6. The van der Waals surface area contributed by atoms with Crippen LogP contribution in [0.3, 0.4) is 0 Å². The van der Waals surface area contributed by atoms with E-state index in [9.17, 15) is 26.3 Å². The molecule has 0 saturated heterocycles. The second-order valence-electron chi connectivity index (χ2n) is 2.85. The molecule has 0 atom stereocenters. The summed E-state index contributed by atoms with van der Waals surface area (Å²) in [6.45, 7) is -2.64. The van der Waals surface area contributed by atoms with E-state index < -0.39 is 25.4 Å². The molecule has 11 heteroatoms. The van der Waals surface area contributed by atoms with Gasteiger partial charge in [-0.2, -0.15) is 26.3 Å². The molecule has 0 aliphatic heterocycles. The molecule has 1 rings (SSSR count). The van der Waals surface area contributed by atoms with Gasteiger partial charge in [0.25, 0.3) is 0 Å². The number of alkyl halides is 6. The Labute approximate surface area is 95.0 Å². The van der Waals surface area contributed by atoms with Crippen LogP contribution in [0.5, 0.6) is 0 Å². The number of hydrogen-bond donors (Lipinski definition) is 2. The molecule has 0 aliphatic rings. The van der Waals surface area contributed by atoms with Gasteiger partial charge in [0.2, 0.25) is 10.3 Å². The van der Waals surface area contributed by atoms with E-state index in [0.29, 0.717) is 11.3 Å². The van der Waals surface area contributed by atoms with Gasteiger partial charge < -0.3 is 10.6 Å². The molecule has 98 valence electrons. The second-order valence-corrected chi connectivity index (χ2v) is 3.83. The summed E-state index contributed by atoms with van der Waals surface area (Å²) < 4.78 is 70.7. The third kappa shape index (κ3) is 6.14. The van der Waals surface area contributed by atoms with E-state index in [1.807, 2.05) is 10.6 Å². The predicted molar refractivity (Wildman–Crippen MR) is 49.0 cm³/mol. The molecule has 0 fully saturated rings. The van der Waals surface area contributed by atoms with Crippen LogP contribution in [0, 0.1) is 0 Å². The lowest BCUT2D eigenvalue weighted by Crippen LogP contribution is -2.21. The van der Waals surface area contributed by atoms with Crippen molar-refractivity contribution in [2.24, 2.45) is 0 Å². The van der Waals surface area contributed by atoms with Gasteiger partial charge in [0.05, 0.1) is 0 Å². The fraction of sp³-hybridized carbons (Fsp3) is 0.667. The van der Waals surface area contributed by atoms with Crippen LogP contribution in [0.1, 0.15) is 0 Å². The van der Waals surface area contributed by atoms with Crippen molar-refractivity contribution in [1.29, 1.82) is 0 Å². The summed E-state index contributed by atoms with van der Waals surface area (Å²) in [5.74, 6) is 0. The highest BCUT2D eigenvalue weighted by atomic mass is 32.1. The van der Waals surface area contributed by atoms with Gasteiger partial charge in [0.1, 0.15) is 13.1 Å². The first kappa shape index (κ1) is 13.8. The smallest absolute Gasteiger partial charge is 0.351 e. The summed E-state index contributed by atoms with van der Waals surface area (Å²) in [6, 6.07) is 0. The second kappa shape index (κ2) is 4.94. The molecule has 1 aromatic heterocycles. The lowest BCUT2D eigenvalue weighted by molar-refractivity contribution is -0.116. The van der Waals surface area contributed by atoms with Crippen LogP contribution < -0.4 is 10.6 Å². The highest BCUT2D eigenvalue weighted by molar-refractivity contribution is 7.19. The Kier molecular flexibility index (Phi) is 4.01. The van der Waals surface area contributed by atoms with Crippen molar-refractivity contribution in [2.75, 3.05) is 23.7 Å².